The molecular weight excluding hydrogens is 358 g/mol. The number of rotatable bonds is 3. The Balaban J connectivity index is 1.76. The average Bonchev–Trinajstić information content (AvgIpc) is 3.29. The van der Waals surface area contributed by atoms with Crippen molar-refractivity contribution >= 4 is 38.8 Å². The minimum atomic E-state index is -0.140. The standard InChI is InChI=1S/C25H23N3O/c26-20-13-11-16-6-1-3-8-18(16)23(20)24-19-9-4-2-7-17(19)12-14-21(24)28-25(29)22-10-5-15-27-22/h1-4,6-9,11-14,22,27H,5,10,15,26H2,(H,28,29)/t22-/m0/s1. The lowest BCUT2D eigenvalue weighted by Crippen LogP contribution is -2.35. The van der Waals surface area contributed by atoms with Crippen LogP contribution in [0.3, 0.4) is 0 Å². The molecule has 0 aliphatic carbocycles. The number of carbonyl (C=O) groups excluding carboxylic acids is 1. The van der Waals surface area contributed by atoms with Crippen molar-refractivity contribution in [2.75, 3.05) is 17.6 Å². The maximum absolute atomic E-state index is 12.9. The van der Waals surface area contributed by atoms with Gasteiger partial charge in [-0.15, -0.1) is 0 Å². The molecular formula is C25H23N3O. The maximum Gasteiger partial charge on any atom is 0.241 e. The fourth-order valence-electron chi connectivity index (χ4n) is 4.34. The van der Waals surface area contributed by atoms with Gasteiger partial charge in [0.05, 0.1) is 6.04 Å². The van der Waals surface area contributed by atoms with Crippen LogP contribution in [0.5, 0.6) is 0 Å². The second kappa shape index (κ2) is 7.22. The van der Waals surface area contributed by atoms with Crippen LogP contribution >= 0.6 is 0 Å². The Bertz CT molecular complexity index is 1230. The number of benzene rings is 4. The first-order valence-electron chi connectivity index (χ1n) is 10.1. The molecule has 5 rings (SSSR count). The Morgan fingerprint density at radius 3 is 2.21 bits per heavy atom. The van der Waals surface area contributed by atoms with Crippen LogP contribution in [0.25, 0.3) is 32.7 Å². The number of hydrogen-bond acceptors (Lipinski definition) is 3. The average molecular weight is 381 g/mol. The molecule has 0 bridgehead atoms. The van der Waals surface area contributed by atoms with Crippen molar-refractivity contribution in [3.05, 3.63) is 72.8 Å². The number of anilines is 2. The highest BCUT2D eigenvalue weighted by atomic mass is 16.2. The Hall–Kier alpha value is -3.37. The molecule has 1 aliphatic heterocycles. The van der Waals surface area contributed by atoms with E-state index < -0.39 is 0 Å². The summed E-state index contributed by atoms with van der Waals surface area (Å²) < 4.78 is 0. The first-order valence-corrected chi connectivity index (χ1v) is 10.1. The van der Waals surface area contributed by atoms with Crippen molar-refractivity contribution in [2.24, 2.45) is 0 Å². The summed E-state index contributed by atoms with van der Waals surface area (Å²) in [6, 6.07) is 24.4. The molecule has 0 unspecified atom stereocenters. The van der Waals surface area contributed by atoms with Gasteiger partial charge in [0.1, 0.15) is 0 Å². The molecule has 0 aromatic heterocycles. The van der Waals surface area contributed by atoms with Crippen LogP contribution in [0.15, 0.2) is 72.8 Å². The van der Waals surface area contributed by atoms with Crippen molar-refractivity contribution in [1.29, 1.82) is 0 Å². The predicted octanol–water partition coefficient (Wildman–Crippen LogP) is 4.93. The highest BCUT2D eigenvalue weighted by Crippen LogP contribution is 2.42. The molecule has 4 aromatic rings. The van der Waals surface area contributed by atoms with E-state index in [0.717, 1.165) is 57.7 Å². The van der Waals surface area contributed by atoms with Crippen LogP contribution in [0.2, 0.25) is 0 Å². The largest absolute Gasteiger partial charge is 0.398 e. The van der Waals surface area contributed by atoms with E-state index >= 15 is 0 Å². The van der Waals surface area contributed by atoms with E-state index in [0.29, 0.717) is 5.69 Å². The number of nitrogens with one attached hydrogen (secondary N) is 2. The van der Waals surface area contributed by atoms with Crippen LogP contribution in [0.4, 0.5) is 11.4 Å². The van der Waals surface area contributed by atoms with Gasteiger partial charge in [0.2, 0.25) is 5.91 Å². The Kier molecular flexibility index (Phi) is 4.41. The smallest absolute Gasteiger partial charge is 0.241 e. The van der Waals surface area contributed by atoms with Gasteiger partial charge in [-0.3, -0.25) is 4.79 Å². The zero-order chi connectivity index (χ0) is 19.8. The first kappa shape index (κ1) is 17.7. The number of fused-ring (bicyclic) bond motifs is 2. The Morgan fingerprint density at radius 1 is 0.862 bits per heavy atom. The van der Waals surface area contributed by atoms with Gasteiger partial charge >= 0.3 is 0 Å². The molecule has 4 aromatic carbocycles. The van der Waals surface area contributed by atoms with E-state index in [1.54, 1.807) is 0 Å². The Labute approximate surface area is 169 Å². The molecule has 0 radical (unpaired) electrons. The summed E-state index contributed by atoms with van der Waals surface area (Å²) in [6.45, 7) is 0.888. The third-order valence-corrected chi connectivity index (χ3v) is 5.77. The van der Waals surface area contributed by atoms with Gasteiger partial charge < -0.3 is 16.4 Å². The molecule has 0 spiro atoms. The lowest BCUT2D eigenvalue weighted by atomic mass is 9.91. The van der Waals surface area contributed by atoms with Gasteiger partial charge in [0.25, 0.3) is 0 Å². The van der Waals surface area contributed by atoms with Crippen molar-refractivity contribution in [3.63, 3.8) is 0 Å². The van der Waals surface area contributed by atoms with Gasteiger partial charge in [0.15, 0.2) is 0 Å². The molecule has 1 amide bonds. The molecule has 1 heterocycles. The normalized spacial score (nSPS) is 16.3. The second-order valence-corrected chi connectivity index (χ2v) is 7.60. The van der Waals surface area contributed by atoms with E-state index in [1.807, 2.05) is 42.5 Å². The minimum absolute atomic E-state index is 0.0119. The molecule has 4 nitrogen and oxygen atoms in total. The topological polar surface area (TPSA) is 67.1 Å². The summed E-state index contributed by atoms with van der Waals surface area (Å²) in [4.78, 5) is 12.9. The number of hydrogen-bond donors (Lipinski definition) is 3. The van der Waals surface area contributed by atoms with Gasteiger partial charge in [-0.05, 0) is 53.1 Å². The predicted molar refractivity (Wildman–Crippen MR) is 121 cm³/mol. The zero-order valence-corrected chi connectivity index (χ0v) is 16.1. The fraction of sp³-hybridized carbons (Fsp3) is 0.160. The molecule has 4 N–H and O–H groups in total. The first-order chi connectivity index (χ1) is 14.2. The van der Waals surface area contributed by atoms with Crippen LogP contribution in [-0.2, 0) is 4.79 Å². The molecule has 1 saturated heterocycles. The summed E-state index contributed by atoms with van der Waals surface area (Å²) in [6.07, 6.45) is 1.89. The summed E-state index contributed by atoms with van der Waals surface area (Å²) in [7, 11) is 0. The highest BCUT2D eigenvalue weighted by Gasteiger charge is 2.24. The number of nitrogen functional groups attached to an aromatic ring is 1. The third-order valence-electron chi connectivity index (χ3n) is 5.77. The summed E-state index contributed by atoms with van der Waals surface area (Å²) in [5.74, 6) is 0.0119. The summed E-state index contributed by atoms with van der Waals surface area (Å²) in [5.41, 5.74) is 9.95. The summed E-state index contributed by atoms with van der Waals surface area (Å²) in [5, 5.41) is 10.9. The number of amides is 1. The molecule has 144 valence electrons. The highest BCUT2D eigenvalue weighted by molar-refractivity contribution is 6.15. The number of nitrogens with two attached hydrogens (primary N) is 1. The monoisotopic (exact) mass is 381 g/mol. The van der Waals surface area contributed by atoms with E-state index in [4.69, 9.17) is 5.73 Å². The fourth-order valence-corrected chi connectivity index (χ4v) is 4.34. The van der Waals surface area contributed by atoms with Crippen molar-refractivity contribution in [3.8, 4) is 11.1 Å². The molecule has 1 fully saturated rings. The molecule has 1 aliphatic rings. The molecule has 1 atom stereocenters. The van der Waals surface area contributed by atoms with Crippen LogP contribution in [-0.4, -0.2) is 18.5 Å². The van der Waals surface area contributed by atoms with Crippen molar-refractivity contribution in [1.82, 2.24) is 5.32 Å². The van der Waals surface area contributed by atoms with E-state index in [1.165, 1.54) is 0 Å². The van der Waals surface area contributed by atoms with E-state index in [-0.39, 0.29) is 11.9 Å². The van der Waals surface area contributed by atoms with E-state index in [2.05, 4.69) is 41.0 Å². The Morgan fingerprint density at radius 2 is 1.52 bits per heavy atom. The van der Waals surface area contributed by atoms with Crippen LogP contribution < -0.4 is 16.4 Å². The molecule has 4 heteroatoms. The lowest BCUT2D eigenvalue weighted by Gasteiger charge is -2.19. The number of carbonyl (C=O) groups is 1. The van der Waals surface area contributed by atoms with E-state index in [9.17, 15) is 4.79 Å². The van der Waals surface area contributed by atoms with Gasteiger partial charge in [-0.25, -0.2) is 0 Å². The lowest BCUT2D eigenvalue weighted by molar-refractivity contribution is -0.117. The molecule has 0 saturated carbocycles. The van der Waals surface area contributed by atoms with Gasteiger partial charge in [-0.2, -0.15) is 0 Å². The maximum atomic E-state index is 12.9. The zero-order valence-electron chi connectivity index (χ0n) is 16.1. The second-order valence-electron chi connectivity index (χ2n) is 7.60. The third kappa shape index (κ3) is 3.12. The van der Waals surface area contributed by atoms with Crippen LogP contribution in [0, 0.1) is 0 Å². The van der Waals surface area contributed by atoms with Crippen molar-refractivity contribution < 1.29 is 4.79 Å². The minimum Gasteiger partial charge on any atom is -0.398 e. The quantitative estimate of drug-likeness (QED) is 0.441. The van der Waals surface area contributed by atoms with Gasteiger partial charge in [0, 0.05) is 22.5 Å². The van der Waals surface area contributed by atoms with Crippen LogP contribution in [0.1, 0.15) is 12.8 Å². The molecule has 29 heavy (non-hydrogen) atoms. The summed E-state index contributed by atoms with van der Waals surface area (Å²) >= 11 is 0. The van der Waals surface area contributed by atoms with Gasteiger partial charge in [-0.1, -0.05) is 60.7 Å². The van der Waals surface area contributed by atoms with Crippen molar-refractivity contribution in [2.45, 2.75) is 18.9 Å². The SMILES string of the molecule is Nc1ccc2ccccc2c1-c1c(NC(=O)[C@@H]2CCCN2)ccc2ccccc12.